The van der Waals surface area contributed by atoms with Gasteiger partial charge in [-0.15, -0.1) is 0 Å². The Hall–Kier alpha value is -1.14. The highest BCUT2D eigenvalue weighted by Crippen LogP contribution is 2.25. The van der Waals surface area contributed by atoms with Gasteiger partial charge in [-0.3, -0.25) is 4.79 Å². The van der Waals surface area contributed by atoms with Crippen LogP contribution in [0.4, 0.5) is 4.39 Å². The Balaban J connectivity index is 1.72. The second kappa shape index (κ2) is 8.48. The molecule has 1 aromatic rings. The van der Waals surface area contributed by atoms with Crippen LogP contribution < -0.4 is 10.1 Å². The number of piperidine rings is 1. The highest BCUT2D eigenvalue weighted by Gasteiger charge is 2.20. The predicted octanol–water partition coefficient (Wildman–Crippen LogP) is 2.96. The van der Waals surface area contributed by atoms with E-state index in [2.05, 4.69) is 33.1 Å². The molecule has 0 saturated carbocycles. The maximum atomic E-state index is 13.0. The number of hydrogen-bond donors (Lipinski definition) is 1. The molecule has 0 aromatic heterocycles. The molecule has 1 N–H and O–H groups in total. The van der Waals surface area contributed by atoms with E-state index in [1.165, 1.54) is 18.2 Å². The number of halogens is 2. The number of amides is 1. The summed E-state index contributed by atoms with van der Waals surface area (Å²) in [5, 5.41) is 3.00. The van der Waals surface area contributed by atoms with Crippen molar-refractivity contribution in [3.8, 4) is 5.75 Å². The van der Waals surface area contributed by atoms with Gasteiger partial charge in [0.1, 0.15) is 11.6 Å². The molecular weight excluding hydrogens is 351 g/mol. The summed E-state index contributed by atoms with van der Waals surface area (Å²) < 4.78 is 18.9. The van der Waals surface area contributed by atoms with Crippen molar-refractivity contribution in [1.29, 1.82) is 0 Å². The smallest absolute Gasteiger partial charge is 0.258 e. The third kappa shape index (κ3) is 5.25. The number of likely N-dealkylation sites (tertiary alicyclic amines) is 1. The van der Waals surface area contributed by atoms with Crippen molar-refractivity contribution in [2.24, 2.45) is 0 Å². The van der Waals surface area contributed by atoms with Crippen molar-refractivity contribution >= 4 is 21.8 Å². The molecule has 22 heavy (non-hydrogen) atoms. The van der Waals surface area contributed by atoms with Gasteiger partial charge >= 0.3 is 0 Å². The normalized spacial score (nSPS) is 16.5. The van der Waals surface area contributed by atoms with Crippen molar-refractivity contribution in [3.05, 3.63) is 28.5 Å². The molecule has 2 rings (SSSR count). The number of carbonyl (C=O) groups is 1. The average Bonchev–Trinajstić information content (AvgIpc) is 2.49. The van der Waals surface area contributed by atoms with Crippen LogP contribution >= 0.6 is 15.9 Å². The Bertz CT molecular complexity index is 505. The minimum atomic E-state index is -0.345. The average molecular weight is 373 g/mol. The number of nitrogens with zero attached hydrogens (tertiary/aromatic N) is 1. The predicted molar refractivity (Wildman–Crippen MR) is 87.5 cm³/mol. The standard InChI is InChI=1S/C16H22BrFN2O2/c1-2-7-20-8-5-13(6-9-20)19-16(21)11-22-15-4-3-12(18)10-14(15)17/h3-4,10,13H,2,5-9,11H2,1H3,(H,19,21). The zero-order chi connectivity index (χ0) is 15.9. The van der Waals surface area contributed by atoms with Crippen LogP contribution in [0.3, 0.4) is 0 Å². The lowest BCUT2D eigenvalue weighted by molar-refractivity contribution is -0.124. The van der Waals surface area contributed by atoms with Crippen LogP contribution in [0.1, 0.15) is 26.2 Å². The van der Waals surface area contributed by atoms with Gasteiger partial charge in [0.15, 0.2) is 6.61 Å². The lowest BCUT2D eigenvalue weighted by atomic mass is 10.0. The quantitative estimate of drug-likeness (QED) is 0.834. The summed E-state index contributed by atoms with van der Waals surface area (Å²) >= 11 is 3.21. The van der Waals surface area contributed by atoms with Gasteiger partial charge in [0.05, 0.1) is 4.47 Å². The molecule has 0 spiro atoms. The van der Waals surface area contributed by atoms with E-state index in [9.17, 15) is 9.18 Å². The zero-order valence-electron chi connectivity index (χ0n) is 12.8. The SMILES string of the molecule is CCCN1CCC(NC(=O)COc2ccc(F)cc2Br)CC1. The van der Waals surface area contributed by atoms with E-state index in [0.717, 1.165) is 38.9 Å². The van der Waals surface area contributed by atoms with Gasteiger partial charge in [-0.2, -0.15) is 0 Å². The number of carbonyl (C=O) groups excluding carboxylic acids is 1. The van der Waals surface area contributed by atoms with E-state index >= 15 is 0 Å². The third-order valence-electron chi connectivity index (χ3n) is 3.75. The summed E-state index contributed by atoms with van der Waals surface area (Å²) in [6.07, 6.45) is 3.12. The molecule has 122 valence electrons. The van der Waals surface area contributed by atoms with E-state index < -0.39 is 0 Å². The van der Waals surface area contributed by atoms with E-state index in [1.807, 2.05) is 0 Å². The third-order valence-corrected chi connectivity index (χ3v) is 4.36. The van der Waals surface area contributed by atoms with Crippen molar-refractivity contribution in [1.82, 2.24) is 10.2 Å². The molecule has 1 aliphatic rings. The van der Waals surface area contributed by atoms with Gasteiger partial charge in [-0.1, -0.05) is 6.92 Å². The summed E-state index contributed by atoms with van der Waals surface area (Å²) in [4.78, 5) is 14.4. The van der Waals surface area contributed by atoms with Crippen LogP contribution in [0, 0.1) is 5.82 Å². The van der Waals surface area contributed by atoms with Crippen LogP contribution in [0.2, 0.25) is 0 Å². The Morgan fingerprint density at radius 1 is 1.45 bits per heavy atom. The molecule has 1 fully saturated rings. The Morgan fingerprint density at radius 2 is 2.18 bits per heavy atom. The highest BCUT2D eigenvalue weighted by atomic mass is 79.9. The Morgan fingerprint density at radius 3 is 2.82 bits per heavy atom. The van der Waals surface area contributed by atoms with E-state index in [-0.39, 0.29) is 24.4 Å². The molecule has 0 aliphatic carbocycles. The molecule has 1 aliphatic heterocycles. The molecule has 0 unspecified atom stereocenters. The maximum absolute atomic E-state index is 13.0. The molecule has 1 amide bonds. The molecular formula is C16H22BrFN2O2. The lowest BCUT2D eigenvalue weighted by Crippen LogP contribution is -2.46. The molecule has 1 aromatic carbocycles. The monoisotopic (exact) mass is 372 g/mol. The van der Waals surface area contributed by atoms with Crippen LogP contribution in [0.15, 0.2) is 22.7 Å². The van der Waals surface area contributed by atoms with Gasteiger partial charge in [0.25, 0.3) is 5.91 Å². The fourth-order valence-electron chi connectivity index (χ4n) is 2.62. The van der Waals surface area contributed by atoms with Gasteiger partial charge < -0.3 is 15.0 Å². The molecule has 0 radical (unpaired) electrons. The van der Waals surface area contributed by atoms with Crippen molar-refractivity contribution in [2.75, 3.05) is 26.2 Å². The van der Waals surface area contributed by atoms with Crippen LogP contribution in [-0.4, -0.2) is 43.1 Å². The number of rotatable bonds is 6. The topological polar surface area (TPSA) is 41.6 Å². The molecule has 4 nitrogen and oxygen atoms in total. The summed E-state index contributed by atoms with van der Waals surface area (Å²) in [5.74, 6) is -0.0120. The van der Waals surface area contributed by atoms with Gasteiger partial charge in [0.2, 0.25) is 0 Å². The van der Waals surface area contributed by atoms with Gasteiger partial charge in [0, 0.05) is 19.1 Å². The Kier molecular flexibility index (Phi) is 6.64. The lowest BCUT2D eigenvalue weighted by Gasteiger charge is -2.32. The molecule has 0 atom stereocenters. The summed E-state index contributed by atoms with van der Waals surface area (Å²) in [7, 11) is 0. The Labute approximate surface area is 139 Å². The van der Waals surface area contributed by atoms with Gasteiger partial charge in [-0.25, -0.2) is 4.39 Å². The minimum Gasteiger partial charge on any atom is -0.483 e. The van der Waals surface area contributed by atoms with Gasteiger partial charge in [-0.05, 0) is 59.9 Å². The second-order valence-electron chi connectivity index (χ2n) is 5.55. The minimum absolute atomic E-state index is 0.0561. The molecule has 1 heterocycles. The fraction of sp³-hybridized carbons (Fsp3) is 0.562. The van der Waals surface area contributed by atoms with Crippen molar-refractivity contribution in [2.45, 2.75) is 32.2 Å². The summed E-state index contributed by atoms with van der Waals surface area (Å²) in [6.45, 7) is 5.31. The summed E-state index contributed by atoms with van der Waals surface area (Å²) in [5.41, 5.74) is 0. The van der Waals surface area contributed by atoms with Crippen LogP contribution in [-0.2, 0) is 4.79 Å². The first-order chi connectivity index (χ1) is 10.6. The van der Waals surface area contributed by atoms with Crippen molar-refractivity contribution < 1.29 is 13.9 Å². The summed E-state index contributed by atoms with van der Waals surface area (Å²) in [6, 6.07) is 4.36. The number of hydrogen-bond acceptors (Lipinski definition) is 3. The molecule has 0 bridgehead atoms. The zero-order valence-corrected chi connectivity index (χ0v) is 14.4. The van der Waals surface area contributed by atoms with Crippen LogP contribution in [0.25, 0.3) is 0 Å². The number of nitrogens with one attached hydrogen (secondary N) is 1. The number of benzene rings is 1. The fourth-order valence-corrected chi connectivity index (χ4v) is 3.09. The maximum Gasteiger partial charge on any atom is 0.258 e. The molecule has 1 saturated heterocycles. The molecule has 6 heteroatoms. The highest BCUT2D eigenvalue weighted by molar-refractivity contribution is 9.10. The number of ether oxygens (including phenoxy) is 1. The van der Waals surface area contributed by atoms with Crippen LogP contribution in [0.5, 0.6) is 5.75 Å². The first-order valence-corrected chi connectivity index (χ1v) is 8.47. The van der Waals surface area contributed by atoms with E-state index in [4.69, 9.17) is 4.74 Å². The van der Waals surface area contributed by atoms with E-state index in [1.54, 1.807) is 0 Å². The second-order valence-corrected chi connectivity index (χ2v) is 6.40. The largest absolute Gasteiger partial charge is 0.483 e. The first kappa shape index (κ1) is 17.2. The van der Waals surface area contributed by atoms with E-state index in [0.29, 0.717) is 10.2 Å². The first-order valence-electron chi connectivity index (χ1n) is 7.68. The van der Waals surface area contributed by atoms with Crippen molar-refractivity contribution in [3.63, 3.8) is 0 Å².